The number of anilines is 1. The number of halogens is 1. The highest BCUT2D eigenvalue weighted by Gasteiger charge is 2.27. The lowest BCUT2D eigenvalue weighted by Gasteiger charge is -2.10. The molecule has 0 bridgehead atoms. The topological polar surface area (TPSA) is 72.6 Å². The summed E-state index contributed by atoms with van der Waals surface area (Å²) in [6.45, 7) is 0.587. The number of hydrogen-bond acceptors (Lipinski definition) is 5. The number of thioether (sulfide) groups is 1. The Hall–Kier alpha value is -1.40. The van der Waals surface area contributed by atoms with Crippen molar-refractivity contribution >= 4 is 41.1 Å². The molecule has 7 heteroatoms. The maximum atomic E-state index is 11.7. The zero-order chi connectivity index (χ0) is 13.1. The minimum atomic E-state index is -0.573. The van der Waals surface area contributed by atoms with Crippen molar-refractivity contribution in [1.29, 1.82) is 0 Å². The van der Waals surface area contributed by atoms with Gasteiger partial charge in [-0.15, -0.1) is 11.8 Å². The van der Waals surface area contributed by atoms with Crippen LogP contribution in [0, 0.1) is 0 Å². The van der Waals surface area contributed by atoms with E-state index in [-0.39, 0.29) is 18.3 Å². The average molecular weight is 287 g/mol. The van der Waals surface area contributed by atoms with E-state index in [1.54, 1.807) is 18.2 Å². The number of nitrogen functional groups attached to an aromatic ring is 1. The van der Waals surface area contributed by atoms with Gasteiger partial charge >= 0.3 is 6.09 Å². The summed E-state index contributed by atoms with van der Waals surface area (Å²) in [6, 6.07) is 5.15. The van der Waals surface area contributed by atoms with Crippen molar-refractivity contribution < 1.29 is 14.3 Å². The van der Waals surface area contributed by atoms with Crippen molar-refractivity contribution in [3.05, 3.63) is 23.2 Å². The second-order valence-electron chi connectivity index (χ2n) is 3.63. The van der Waals surface area contributed by atoms with Crippen molar-refractivity contribution in [2.75, 3.05) is 24.6 Å². The maximum Gasteiger partial charge on any atom is 0.416 e. The van der Waals surface area contributed by atoms with E-state index in [9.17, 15) is 9.59 Å². The van der Waals surface area contributed by atoms with E-state index in [0.717, 1.165) is 9.80 Å². The molecular weight excluding hydrogens is 276 g/mol. The Bertz CT molecular complexity index is 495. The zero-order valence-electron chi connectivity index (χ0n) is 9.39. The van der Waals surface area contributed by atoms with Crippen molar-refractivity contribution in [2.45, 2.75) is 4.90 Å². The monoisotopic (exact) mass is 286 g/mol. The van der Waals surface area contributed by atoms with Crippen LogP contribution in [0.25, 0.3) is 0 Å². The molecule has 1 aromatic carbocycles. The number of carbonyl (C=O) groups excluding carboxylic acids is 2. The zero-order valence-corrected chi connectivity index (χ0v) is 11.0. The van der Waals surface area contributed by atoms with E-state index in [0.29, 0.717) is 17.3 Å². The third kappa shape index (κ3) is 2.88. The normalized spacial score (nSPS) is 14.7. The summed E-state index contributed by atoms with van der Waals surface area (Å²) in [5.41, 5.74) is 6.08. The number of nitrogens with two attached hydrogens (primary N) is 1. The van der Waals surface area contributed by atoms with Crippen LogP contribution in [0.3, 0.4) is 0 Å². The molecule has 0 saturated carbocycles. The lowest BCUT2D eigenvalue weighted by atomic mass is 10.3. The van der Waals surface area contributed by atoms with Crippen LogP contribution in [0.2, 0.25) is 5.02 Å². The van der Waals surface area contributed by atoms with Crippen molar-refractivity contribution in [3.63, 3.8) is 0 Å². The minimum Gasteiger partial charge on any atom is -0.447 e. The molecule has 1 aliphatic rings. The molecule has 1 heterocycles. The van der Waals surface area contributed by atoms with Crippen LogP contribution in [0.1, 0.15) is 0 Å². The van der Waals surface area contributed by atoms with Crippen molar-refractivity contribution in [1.82, 2.24) is 4.90 Å². The number of amides is 2. The smallest absolute Gasteiger partial charge is 0.416 e. The summed E-state index contributed by atoms with van der Waals surface area (Å²) in [6.07, 6.45) is -0.573. The van der Waals surface area contributed by atoms with Gasteiger partial charge in [0, 0.05) is 4.90 Å². The van der Waals surface area contributed by atoms with Crippen LogP contribution >= 0.6 is 23.4 Å². The van der Waals surface area contributed by atoms with Gasteiger partial charge in [0.25, 0.3) is 0 Å². The Labute approximate surface area is 113 Å². The van der Waals surface area contributed by atoms with Crippen LogP contribution in [-0.2, 0) is 9.53 Å². The first-order valence-electron chi connectivity index (χ1n) is 5.23. The number of imide groups is 1. The van der Waals surface area contributed by atoms with Crippen LogP contribution < -0.4 is 5.73 Å². The first-order valence-corrected chi connectivity index (χ1v) is 6.59. The molecule has 0 aliphatic carbocycles. The average Bonchev–Trinajstić information content (AvgIpc) is 2.77. The molecule has 2 rings (SSSR count). The minimum absolute atomic E-state index is 0.162. The quantitative estimate of drug-likeness (QED) is 0.679. The summed E-state index contributed by atoms with van der Waals surface area (Å²) in [5, 5.41) is 0.452. The highest BCUT2D eigenvalue weighted by atomic mass is 35.5. The van der Waals surface area contributed by atoms with Gasteiger partial charge in [0.1, 0.15) is 6.61 Å². The first kappa shape index (κ1) is 13.0. The van der Waals surface area contributed by atoms with E-state index < -0.39 is 6.09 Å². The second-order valence-corrected chi connectivity index (χ2v) is 5.09. The Kier molecular flexibility index (Phi) is 3.98. The van der Waals surface area contributed by atoms with Crippen LogP contribution in [-0.4, -0.2) is 35.8 Å². The predicted molar refractivity (Wildman–Crippen MR) is 69.6 cm³/mol. The molecular formula is C11H11ClN2O3S. The number of cyclic esters (lactones) is 1. The van der Waals surface area contributed by atoms with Crippen molar-refractivity contribution in [2.24, 2.45) is 0 Å². The fourth-order valence-electron chi connectivity index (χ4n) is 1.44. The molecule has 0 radical (unpaired) electrons. The van der Waals surface area contributed by atoms with E-state index in [1.165, 1.54) is 11.8 Å². The predicted octanol–water partition coefficient (Wildman–Crippen LogP) is 1.99. The Balaban J connectivity index is 1.93. The van der Waals surface area contributed by atoms with Gasteiger partial charge in [-0.05, 0) is 18.2 Å². The van der Waals surface area contributed by atoms with Gasteiger partial charge in [-0.25, -0.2) is 9.69 Å². The Morgan fingerprint density at radius 3 is 2.94 bits per heavy atom. The highest BCUT2D eigenvalue weighted by molar-refractivity contribution is 8.00. The number of rotatable bonds is 3. The number of carbonyl (C=O) groups is 2. The van der Waals surface area contributed by atoms with Crippen LogP contribution in [0.15, 0.2) is 23.1 Å². The summed E-state index contributed by atoms with van der Waals surface area (Å²) in [7, 11) is 0. The molecule has 1 saturated heterocycles. The van der Waals surface area contributed by atoms with Crippen molar-refractivity contribution in [3.8, 4) is 0 Å². The Morgan fingerprint density at radius 2 is 2.33 bits per heavy atom. The molecule has 96 valence electrons. The maximum absolute atomic E-state index is 11.7. The third-order valence-corrected chi connectivity index (χ3v) is 3.70. The molecule has 1 aliphatic heterocycles. The molecule has 1 aromatic rings. The Morgan fingerprint density at radius 1 is 1.56 bits per heavy atom. The SMILES string of the molecule is Nc1ccc(SCC(=O)N2CCOC2=O)cc1Cl. The standard InChI is InChI=1S/C11H11ClN2O3S/c12-8-5-7(1-2-9(8)13)18-6-10(15)14-3-4-17-11(14)16/h1-2,5H,3-4,6,13H2. The number of ether oxygens (including phenoxy) is 1. The third-order valence-electron chi connectivity index (χ3n) is 2.40. The van der Waals surface area contributed by atoms with Gasteiger partial charge in [-0.1, -0.05) is 11.6 Å². The lowest BCUT2D eigenvalue weighted by molar-refractivity contribution is -0.124. The highest BCUT2D eigenvalue weighted by Crippen LogP contribution is 2.26. The molecule has 0 aromatic heterocycles. The largest absolute Gasteiger partial charge is 0.447 e. The summed E-state index contributed by atoms with van der Waals surface area (Å²) < 4.78 is 4.69. The summed E-state index contributed by atoms with van der Waals surface area (Å²) >= 11 is 7.17. The molecule has 5 nitrogen and oxygen atoms in total. The van der Waals surface area contributed by atoms with Gasteiger partial charge in [0.15, 0.2) is 0 Å². The van der Waals surface area contributed by atoms with Gasteiger partial charge in [0.2, 0.25) is 5.91 Å². The molecule has 0 spiro atoms. The van der Waals surface area contributed by atoms with Gasteiger partial charge in [-0.3, -0.25) is 4.79 Å². The number of hydrogen-bond donors (Lipinski definition) is 1. The summed E-state index contributed by atoms with van der Waals surface area (Å²) in [4.78, 5) is 24.8. The van der Waals surface area contributed by atoms with Gasteiger partial charge in [-0.2, -0.15) is 0 Å². The summed E-state index contributed by atoms with van der Waals surface area (Å²) in [5.74, 6) is -0.106. The van der Waals surface area contributed by atoms with E-state index in [4.69, 9.17) is 22.1 Å². The van der Waals surface area contributed by atoms with Crippen LogP contribution in [0.4, 0.5) is 10.5 Å². The van der Waals surface area contributed by atoms with E-state index in [2.05, 4.69) is 0 Å². The number of nitrogens with zero attached hydrogens (tertiary/aromatic N) is 1. The van der Waals surface area contributed by atoms with Gasteiger partial charge < -0.3 is 10.5 Å². The second kappa shape index (κ2) is 5.49. The van der Waals surface area contributed by atoms with Gasteiger partial charge in [0.05, 0.1) is 23.0 Å². The lowest BCUT2D eigenvalue weighted by Crippen LogP contribution is -2.32. The first-order chi connectivity index (χ1) is 8.58. The fraction of sp³-hybridized carbons (Fsp3) is 0.273. The number of benzene rings is 1. The molecule has 18 heavy (non-hydrogen) atoms. The van der Waals surface area contributed by atoms with Crippen LogP contribution in [0.5, 0.6) is 0 Å². The molecule has 2 N–H and O–H groups in total. The van der Waals surface area contributed by atoms with E-state index in [1.807, 2.05) is 0 Å². The molecule has 1 fully saturated rings. The molecule has 0 unspecified atom stereocenters. The van der Waals surface area contributed by atoms with E-state index >= 15 is 0 Å². The molecule has 0 atom stereocenters. The fourth-order valence-corrected chi connectivity index (χ4v) is 2.50. The molecule has 2 amide bonds.